The van der Waals surface area contributed by atoms with E-state index in [-0.39, 0.29) is 30.5 Å². The lowest BCUT2D eigenvalue weighted by atomic mass is 10.2. The van der Waals surface area contributed by atoms with E-state index in [2.05, 4.69) is 0 Å². The lowest BCUT2D eigenvalue weighted by Gasteiger charge is -2.37. The Hall–Kier alpha value is -0.990. The molecule has 1 heterocycles. The van der Waals surface area contributed by atoms with E-state index in [1.54, 1.807) is 0 Å². The van der Waals surface area contributed by atoms with Crippen molar-refractivity contribution in [2.45, 2.75) is 24.9 Å². The molecule has 1 aliphatic heterocycles. The van der Waals surface area contributed by atoms with Crippen LogP contribution in [0.2, 0.25) is 0 Å². The summed E-state index contributed by atoms with van der Waals surface area (Å²) in [6, 6.07) is 5.24. The number of nitrogens with zero attached hydrogens (tertiary/aromatic N) is 1. The van der Waals surface area contributed by atoms with E-state index in [9.17, 15) is 21.2 Å². The second-order valence-electron chi connectivity index (χ2n) is 6.05. The van der Waals surface area contributed by atoms with Gasteiger partial charge in [-0.3, -0.25) is 0 Å². The van der Waals surface area contributed by atoms with Crippen LogP contribution in [0.4, 0.5) is 4.39 Å². The molecular formula is C14H20FNO4S2. The highest BCUT2D eigenvalue weighted by molar-refractivity contribution is 7.92. The maximum Gasteiger partial charge on any atom is 0.218 e. The summed E-state index contributed by atoms with van der Waals surface area (Å²) < 4.78 is 62.5. The van der Waals surface area contributed by atoms with Crippen molar-refractivity contribution in [3.8, 4) is 0 Å². The molecule has 8 heteroatoms. The molecule has 0 bridgehead atoms. The van der Waals surface area contributed by atoms with Crippen molar-refractivity contribution in [3.05, 3.63) is 35.6 Å². The fourth-order valence-corrected chi connectivity index (χ4v) is 6.15. The number of sulfonamides is 1. The van der Waals surface area contributed by atoms with Crippen LogP contribution in [0.5, 0.6) is 0 Å². The van der Waals surface area contributed by atoms with Gasteiger partial charge in [0, 0.05) is 13.1 Å². The van der Waals surface area contributed by atoms with Gasteiger partial charge in [0.25, 0.3) is 0 Å². The van der Waals surface area contributed by atoms with Crippen molar-refractivity contribution >= 4 is 19.9 Å². The minimum Gasteiger partial charge on any atom is -0.228 e. The second-order valence-corrected chi connectivity index (χ2v) is 10.3. The predicted octanol–water partition coefficient (Wildman–Crippen LogP) is 1.41. The van der Waals surface area contributed by atoms with Crippen LogP contribution in [0.15, 0.2) is 24.3 Å². The molecule has 1 aliphatic rings. The molecule has 1 aromatic rings. The van der Waals surface area contributed by atoms with E-state index in [0.29, 0.717) is 5.56 Å². The summed E-state index contributed by atoms with van der Waals surface area (Å²) in [6.07, 6.45) is 0. The van der Waals surface area contributed by atoms with Gasteiger partial charge in [-0.15, -0.1) is 0 Å². The Morgan fingerprint density at radius 3 is 2.18 bits per heavy atom. The molecule has 0 aromatic heterocycles. The summed E-state index contributed by atoms with van der Waals surface area (Å²) in [5, 5.41) is -0.613. The van der Waals surface area contributed by atoms with Crippen molar-refractivity contribution < 1.29 is 21.2 Å². The minimum absolute atomic E-state index is 0.0125. The number of hydrogen-bond acceptors (Lipinski definition) is 4. The molecule has 5 nitrogen and oxygen atoms in total. The molecule has 0 spiro atoms. The number of halogens is 1. The zero-order valence-corrected chi connectivity index (χ0v) is 14.2. The molecule has 0 radical (unpaired) electrons. The zero-order chi connectivity index (χ0) is 16.5. The fourth-order valence-electron chi connectivity index (χ4n) is 2.34. The van der Waals surface area contributed by atoms with Gasteiger partial charge in [-0.25, -0.2) is 21.2 Å². The molecule has 2 rings (SSSR count). The van der Waals surface area contributed by atoms with Crippen LogP contribution in [0.1, 0.15) is 19.4 Å². The molecule has 1 fully saturated rings. The van der Waals surface area contributed by atoms with Gasteiger partial charge in [0.15, 0.2) is 9.84 Å². The third-order valence-electron chi connectivity index (χ3n) is 3.54. The lowest BCUT2D eigenvalue weighted by Crippen LogP contribution is -2.57. The van der Waals surface area contributed by atoms with Gasteiger partial charge in [0.2, 0.25) is 10.0 Å². The summed E-state index contributed by atoms with van der Waals surface area (Å²) in [4.78, 5) is 0. The van der Waals surface area contributed by atoms with Crippen LogP contribution < -0.4 is 0 Å². The van der Waals surface area contributed by atoms with Crippen molar-refractivity contribution in [1.29, 1.82) is 0 Å². The number of benzene rings is 1. The summed E-state index contributed by atoms with van der Waals surface area (Å²) in [5.74, 6) is -0.576. The zero-order valence-electron chi connectivity index (χ0n) is 12.6. The highest BCUT2D eigenvalue weighted by Crippen LogP contribution is 2.24. The average molecular weight is 349 g/mol. The van der Waals surface area contributed by atoms with E-state index in [4.69, 9.17) is 0 Å². The van der Waals surface area contributed by atoms with Crippen LogP contribution in [-0.2, 0) is 25.6 Å². The first-order valence-electron chi connectivity index (χ1n) is 7.04. The minimum atomic E-state index is -3.56. The van der Waals surface area contributed by atoms with Gasteiger partial charge < -0.3 is 0 Å². The normalized spacial score (nSPS) is 17.6. The van der Waals surface area contributed by atoms with Crippen LogP contribution in [0, 0.1) is 11.7 Å². The fraction of sp³-hybridized carbons (Fsp3) is 0.571. The maximum atomic E-state index is 12.8. The monoisotopic (exact) mass is 349 g/mol. The molecule has 0 unspecified atom stereocenters. The van der Waals surface area contributed by atoms with Crippen molar-refractivity contribution in [3.63, 3.8) is 0 Å². The summed E-state index contributed by atoms with van der Waals surface area (Å²) in [7, 11) is -6.81. The smallest absolute Gasteiger partial charge is 0.218 e. The van der Waals surface area contributed by atoms with Gasteiger partial charge in [-0.1, -0.05) is 26.0 Å². The number of sulfone groups is 1. The molecular weight excluding hydrogens is 329 g/mol. The Morgan fingerprint density at radius 2 is 1.68 bits per heavy atom. The molecule has 124 valence electrons. The molecule has 0 aliphatic carbocycles. The van der Waals surface area contributed by atoms with E-state index < -0.39 is 30.9 Å². The standard InChI is InChI=1S/C14H20FNO4S2/c1-11(2)9-21(17,18)14-7-16(8-14)22(19,20)10-12-3-5-13(15)6-4-12/h3-6,11,14H,7-10H2,1-2H3. The molecule has 0 amide bonds. The highest BCUT2D eigenvalue weighted by Gasteiger charge is 2.42. The SMILES string of the molecule is CC(C)CS(=O)(=O)C1CN(S(=O)(=O)Cc2ccc(F)cc2)C1. The quantitative estimate of drug-likeness (QED) is 0.778. The molecule has 0 N–H and O–H groups in total. The first kappa shape index (κ1) is 17.4. The van der Waals surface area contributed by atoms with Crippen LogP contribution in [0.3, 0.4) is 0 Å². The Balaban J connectivity index is 1.98. The largest absolute Gasteiger partial charge is 0.228 e. The third kappa shape index (κ3) is 4.05. The van der Waals surface area contributed by atoms with Gasteiger partial charge in [-0.05, 0) is 23.6 Å². The predicted molar refractivity (Wildman–Crippen MR) is 83.0 cm³/mol. The Bertz CT molecular complexity index is 721. The Kier molecular flexibility index (Phi) is 4.93. The summed E-state index contributed by atoms with van der Waals surface area (Å²) >= 11 is 0. The third-order valence-corrected chi connectivity index (χ3v) is 7.77. The van der Waals surface area contributed by atoms with Crippen molar-refractivity contribution in [2.24, 2.45) is 5.92 Å². The first-order chi connectivity index (χ1) is 10.1. The van der Waals surface area contributed by atoms with Crippen LogP contribution in [0.25, 0.3) is 0 Å². The van der Waals surface area contributed by atoms with Crippen LogP contribution in [-0.4, -0.2) is 45.2 Å². The summed E-state index contributed by atoms with van der Waals surface area (Å²) in [6.45, 7) is 3.66. The number of rotatable bonds is 6. The van der Waals surface area contributed by atoms with E-state index in [0.717, 1.165) is 0 Å². The number of hydrogen-bond donors (Lipinski definition) is 0. The Labute approximate surface area is 131 Å². The first-order valence-corrected chi connectivity index (χ1v) is 10.4. The van der Waals surface area contributed by atoms with E-state index in [1.807, 2.05) is 13.8 Å². The van der Waals surface area contributed by atoms with Crippen molar-refractivity contribution in [1.82, 2.24) is 4.31 Å². The highest BCUT2D eigenvalue weighted by atomic mass is 32.2. The summed E-state index contributed by atoms with van der Waals surface area (Å²) in [5.41, 5.74) is 0.481. The average Bonchev–Trinajstić information content (AvgIpc) is 2.26. The van der Waals surface area contributed by atoms with Crippen LogP contribution >= 0.6 is 0 Å². The maximum absolute atomic E-state index is 12.8. The topological polar surface area (TPSA) is 71.5 Å². The molecule has 22 heavy (non-hydrogen) atoms. The van der Waals surface area contributed by atoms with Gasteiger partial charge >= 0.3 is 0 Å². The van der Waals surface area contributed by atoms with Crippen molar-refractivity contribution in [2.75, 3.05) is 18.8 Å². The molecule has 1 aromatic carbocycles. The second kappa shape index (κ2) is 6.25. The molecule has 1 saturated heterocycles. The van der Waals surface area contributed by atoms with Gasteiger partial charge in [0.05, 0.1) is 16.8 Å². The van der Waals surface area contributed by atoms with Gasteiger partial charge in [0.1, 0.15) is 5.82 Å². The molecule has 0 saturated carbocycles. The molecule has 0 atom stereocenters. The van der Waals surface area contributed by atoms with E-state index in [1.165, 1.54) is 28.6 Å². The Morgan fingerprint density at radius 1 is 1.14 bits per heavy atom. The lowest BCUT2D eigenvalue weighted by molar-refractivity contribution is 0.308. The van der Waals surface area contributed by atoms with Gasteiger partial charge in [-0.2, -0.15) is 4.31 Å². The van der Waals surface area contributed by atoms with E-state index >= 15 is 0 Å².